The van der Waals surface area contributed by atoms with Crippen molar-refractivity contribution in [3.05, 3.63) is 105 Å². The minimum absolute atomic E-state index is 0.0848. The van der Waals surface area contributed by atoms with Gasteiger partial charge in [-0.1, -0.05) is 60.8 Å². The number of carbonyl (C=O) groups excluding carboxylic acids is 1. The van der Waals surface area contributed by atoms with Crippen LogP contribution in [0.1, 0.15) is 42.4 Å². The van der Waals surface area contributed by atoms with Gasteiger partial charge >= 0.3 is 0 Å². The van der Waals surface area contributed by atoms with Gasteiger partial charge in [0.05, 0.1) is 24.1 Å². The maximum absolute atomic E-state index is 14.5. The summed E-state index contributed by atoms with van der Waals surface area (Å²) in [5.41, 5.74) is 4.95. The molecule has 1 heterocycles. The summed E-state index contributed by atoms with van der Waals surface area (Å²) in [6.45, 7) is 0. The molecule has 1 aromatic heterocycles. The van der Waals surface area contributed by atoms with E-state index in [4.69, 9.17) is 21.3 Å². The van der Waals surface area contributed by atoms with Crippen molar-refractivity contribution in [1.82, 2.24) is 9.55 Å². The van der Waals surface area contributed by atoms with Crippen LogP contribution in [0.5, 0.6) is 5.75 Å². The first-order chi connectivity index (χ1) is 18.5. The van der Waals surface area contributed by atoms with E-state index in [2.05, 4.69) is 12.1 Å². The summed E-state index contributed by atoms with van der Waals surface area (Å²) < 4.78 is 6.96. The Kier molecular flexibility index (Phi) is 6.62. The third-order valence-corrected chi connectivity index (χ3v) is 8.82. The molecule has 38 heavy (non-hydrogen) atoms. The van der Waals surface area contributed by atoms with Crippen LogP contribution in [0.2, 0.25) is 5.02 Å². The molecule has 6 rings (SSSR count). The molecule has 2 aliphatic carbocycles. The number of hydrogen-bond acceptors (Lipinski definition) is 5. The first-order valence-electron chi connectivity index (χ1n) is 12.8. The van der Waals surface area contributed by atoms with Crippen molar-refractivity contribution in [2.24, 2.45) is 0 Å². The van der Waals surface area contributed by atoms with Gasteiger partial charge in [-0.15, -0.1) is 0 Å². The van der Waals surface area contributed by atoms with Crippen LogP contribution in [0.4, 0.5) is 0 Å². The molecule has 3 aromatic carbocycles. The van der Waals surface area contributed by atoms with Gasteiger partial charge in [0.25, 0.3) is 5.56 Å². The molecule has 1 spiro atoms. The molecule has 192 valence electrons. The van der Waals surface area contributed by atoms with E-state index in [0.717, 1.165) is 66.3 Å². The van der Waals surface area contributed by atoms with Crippen LogP contribution in [0, 0.1) is 0 Å². The summed E-state index contributed by atoms with van der Waals surface area (Å²) >= 11 is 7.03. The number of nitrogens with zero attached hydrogens (tertiary/aromatic N) is 2. The lowest BCUT2D eigenvalue weighted by Gasteiger charge is -2.36. The molecular formula is C31H27ClN2O3S. The molecule has 0 N–H and O–H groups in total. The molecule has 0 radical (unpaired) electrons. The van der Waals surface area contributed by atoms with Gasteiger partial charge in [0, 0.05) is 22.4 Å². The van der Waals surface area contributed by atoms with Gasteiger partial charge in [-0.25, -0.2) is 4.98 Å². The highest BCUT2D eigenvalue weighted by atomic mass is 35.5. The van der Waals surface area contributed by atoms with Gasteiger partial charge in [0.15, 0.2) is 5.16 Å². The maximum Gasteiger partial charge on any atom is 0.263 e. The van der Waals surface area contributed by atoms with Crippen LogP contribution in [0.15, 0.2) is 82.7 Å². The van der Waals surface area contributed by atoms with E-state index in [0.29, 0.717) is 21.6 Å². The minimum atomic E-state index is -0.224. The number of thioether (sulfide) groups is 1. The molecule has 7 heteroatoms. The number of rotatable bonds is 5. The van der Waals surface area contributed by atoms with E-state index in [1.165, 1.54) is 5.56 Å². The summed E-state index contributed by atoms with van der Waals surface area (Å²) in [6.07, 6.45) is 5.18. The van der Waals surface area contributed by atoms with Gasteiger partial charge in [0.2, 0.25) is 5.12 Å². The summed E-state index contributed by atoms with van der Waals surface area (Å²) in [4.78, 5) is 32.9. The van der Waals surface area contributed by atoms with E-state index in [-0.39, 0.29) is 22.5 Å². The van der Waals surface area contributed by atoms with Crippen LogP contribution < -0.4 is 10.3 Å². The maximum atomic E-state index is 14.5. The molecule has 4 aromatic rings. The highest BCUT2D eigenvalue weighted by molar-refractivity contribution is 8.13. The molecule has 0 aliphatic heterocycles. The Bertz CT molecular complexity index is 1570. The standard InChI is InChI=1S/C31H27ClN2O3S/c1-37-24-14-12-23(13-15-24)34-29(36)27-28(25-7-3-2-6-21(25)19-31(27)16-4-5-17-31)33-30(34)38-26(35)18-20-8-10-22(32)11-9-20/h2-3,6-15H,4-5,16-19H2,1H3. The largest absolute Gasteiger partial charge is 0.497 e. The Morgan fingerprint density at radius 2 is 1.74 bits per heavy atom. The third-order valence-electron chi connectivity index (χ3n) is 7.74. The molecule has 1 fully saturated rings. The molecule has 5 nitrogen and oxygen atoms in total. The summed E-state index contributed by atoms with van der Waals surface area (Å²) in [7, 11) is 1.61. The zero-order valence-electron chi connectivity index (χ0n) is 21.1. The van der Waals surface area contributed by atoms with E-state index in [9.17, 15) is 9.59 Å². The molecule has 0 unspecified atom stereocenters. The fourth-order valence-electron chi connectivity index (χ4n) is 5.95. The molecule has 2 aliphatic rings. The second kappa shape index (κ2) is 10.1. The van der Waals surface area contributed by atoms with E-state index in [1.54, 1.807) is 23.8 Å². The highest BCUT2D eigenvalue weighted by Crippen LogP contribution is 2.50. The number of fused-ring (bicyclic) bond motifs is 4. The average molecular weight is 543 g/mol. The highest BCUT2D eigenvalue weighted by Gasteiger charge is 2.44. The first kappa shape index (κ1) is 25.0. The quantitative estimate of drug-likeness (QED) is 0.205. The van der Waals surface area contributed by atoms with Crippen molar-refractivity contribution in [3.8, 4) is 22.7 Å². The van der Waals surface area contributed by atoms with Crippen molar-refractivity contribution in [3.63, 3.8) is 0 Å². The first-order valence-corrected chi connectivity index (χ1v) is 14.0. The Morgan fingerprint density at radius 1 is 1.03 bits per heavy atom. The van der Waals surface area contributed by atoms with E-state index in [1.807, 2.05) is 48.5 Å². The fraction of sp³-hybridized carbons (Fsp3) is 0.258. The van der Waals surface area contributed by atoms with E-state index >= 15 is 0 Å². The topological polar surface area (TPSA) is 61.2 Å². The van der Waals surface area contributed by atoms with Crippen molar-refractivity contribution >= 4 is 28.5 Å². The number of aromatic nitrogens is 2. The fourth-order valence-corrected chi connectivity index (χ4v) is 6.93. The SMILES string of the molecule is COc1ccc(-n2c(SC(=O)Cc3ccc(Cl)cc3)nc3c(c2=O)C2(CCCC2)Cc2ccccc2-3)cc1. The van der Waals surface area contributed by atoms with E-state index < -0.39 is 0 Å². The smallest absolute Gasteiger partial charge is 0.263 e. The molecular weight excluding hydrogens is 516 g/mol. The van der Waals surface area contributed by atoms with Crippen LogP contribution in [0.25, 0.3) is 16.9 Å². The predicted octanol–water partition coefficient (Wildman–Crippen LogP) is 6.79. The monoisotopic (exact) mass is 542 g/mol. The van der Waals surface area contributed by atoms with Crippen LogP contribution in [-0.4, -0.2) is 21.8 Å². The second-order valence-corrected chi connectivity index (χ2v) is 11.5. The van der Waals surface area contributed by atoms with Crippen LogP contribution in [0.3, 0.4) is 0 Å². The number of hydrogen-bond donors (Lipinski definition) is 0. The van der Waals surface area contributed by atoms with Gasteiger partial charge < -0.3 is 4.74 Å². The molecule has 0 atom stereocenters. The Morgan fingerprint density at radius 3 is 2.45 bits per heavy atom. The summed E-state index contributed by atoms with van der Waals surface area (Å²) in [5.74, 6) is 0.696. The van der Waals surface area contributed by atoms with Crippen molar-refractivity contribution in [2.75, 3.05) is 7.11 Å². The zero-order valence-corrected chi connectivity index (χ0v) is 22.6. The Labute approximate surface area is 230 Å². The molecule has 0 amide bonds. The zero-order chi connectivity index (χ0) is 26.3. The Hall–Kier alpha value is -3.35. The van der Waals surface area contributed by atoms with Gasteiger partial charge in [-0.2, -0.15) is 0 Å². The Balaban J connectivity index is 1.52. The lowest BCUT2D eigenvalue weighted by Crippen LogP contribution is -2.40. The summed E-state index contributed by atoms with van der Waals surface area (Å²) in [6, 6.07) is 22.8. The number of methoxy groups -OCH3 is 1. The second-order valence-electron chi connectivity index (χ2n) is 10.1. The van der Waals surface area contributed by atoms with Crippen molar-refractivity contribution in [1.29, 1.82) is 0 Å². The predicted molar refractivity (Wildman–Crippen MR) is 152 cm³/mol. The van der Waals surface area contributed by atoms with Crippen LogP contribution >= 0.6 is 23.4 Å². The van der Waals surface area contributed by atoms with Gasteiger partial charge in [-0.3, -0.25) is 14.2 Å². The lowest BCUT2D eigenvalue weighted by molar-refractivity contribution is -0.110. The number of ether oxygens (including phenoxy) is 1. The van der Waals surface area contributed by atoms with Crippen molar-refractivity contribution in [2.45, 2.75) is 49.1 Å². The molecule has 0 saturated heterocycles. The third kappa shape index (κ3) is 4.46. The number of halogens is 1. The summed E-state index contributed by atoms with van der Waals surface area (Å²) in [5, 5.41) is 0.905. The minimum Gasteiger partial charge on any atom is -0.497 e. The van der Waals surface area contributed by atoms with Gasteiger partial charge in [-0.05, 0) is 78.5 Å². The van der Waals surface area contributed by atoms with Gasteiger partial charge in [0.1, 0.15) is 5.75 Å². The molecule has 1 saturated carbocycles. The number of benzene rings is 3. The number of carbonyl (C=O) groups is 1. The molecule has 0 bridgehead atoms. The normalized spacial score (nSPS) is 15.2. The van der Waals surface area contributed by atoms with Crippen LogP contribution in [-0.2, 0) is 23.1 Å². The average Bonchev–Trinajstić information content (AvgIpc) is 3.38. The lowest BCUT2D eigenvalue weighted by atomic mass is 9.68. The van der Waals surface area contributed by atoms with Crippen molar-refractivity contribution < 1.29 is 9.53 Å².